The number of pyridine rings is 1. The van der Waals surface area contributed by atoms with Crippen molar-refractivity contribution >= 4 is 10.9 Å². The van der Waals surface area contributed by atoms with E-state index >= 15 is 0 Å². The molecule has 0 saturated heterocycles. The summed E-state index contributed by atoms with van der Waals surface area (Å²) in [6.07, 6.45) is 1.41. The van der Waals surface area contributed by atoms with Crippen molar-refractivity contribution in [2.75, 3.05) is 0 Å². The number of benzene rings is 1. The zero-order valence-electron chi connectivity index (χ0n) is 8.66. The number of fused-ring (bicyclic) bond motifs is 1. The molecule has 0 fully saturated rings. The van der Waals surface area contributed by atoms with Gasteiger partial charge in [-0.1, -0.05) is 19.9 Å². The van der Waals surface area contributed by atoms with Crippen molar-refractivity contribution < 1.29 is 9.50 Å². The van der Waals surface area contributed by atoms with E-state index in [2.05, 4.69) is 4.98 Å². The van der Waals surface area contributed by atoms with Gasteiger partial charge in [-0.3, -0.25) is 4.98 Å². The lowest BCUT2D eigenvalue weighted by Crippen LogP contribution is -1.93. The number of aromatic hydroxyl groups is 1. The Morgan fingerprint density at radius 2 is 2.00 bits per heavy atom. The van der Waals surface area contributed by atoms with Gasteiger partial charge in [0.25, 0.3) is 0 Å². The van der Waals surface area contributed by atoms with Crippen LogP contribution in [0.2, 0.25) is 0 Å². The van der Waals surface area contributed by atoms with Gasteiger partial charge in [0, 0.05) is 11.6 Å². The summed E-state index contributed by atoms with van der Waals surface area (Å²) in [5.41, 5.74) is 1.15. The molecule has 2 nitrogen and oxygen atoms in total. The summed E-state index contributed by atoms with van der Waals surface area (Å²) in [7, 11) is 0. The predicted octanol–water partition coefficient (Wildman–Crippen LogP) is 3.20. The van der Waals surface area contributed by atoms with Crippen LogP contribution in [0.1, 0.15) is 25.3 Å². The molecular weight excluding hydrogens is 193 g/mol. The molecule has 1 aromatic carbocycles. The minimum absolute atomic E-state index is 0.0863. The second kappa shape index (κ2) is 3.50. The van der Waals surface area contributed by atoms with E-state index in [1.165, 1.54) is 18.3 Å². The van der Waals surface area contributed by atoms with Crippen LogP contribution in [0.3, 0.4) is 0 Å². The van der Waals surface area contributed by atoms with E-state index in [0.717, 1.165) is 5.56 Å². The molecule has 1 N–H and O–H groups in total. The van der Waals surface area contributed by atoms with Gasteiger partial charge in [0.15, 0.2) is 0 Å². The van der Waals surface area contributed by atoms with Crippen LogP contribution in [0.25, 0.3) is 10.9 Å². The highest BCUT2D eigenvalue weighted by atomic mass is 19.1. The van der Waals surface area contributed by atoms with Gasteiger partial charge in [0.05, 0.1) is 0 Å². The Morgan fingerprint density at radius 1 is 1.27 bits per heavy atom. The SMILES string of the molecule is CC(C)c1ccc(F)c2nccc(O)c12. The second-order valence-electron chi connectivity index (χ2n) is 3.84. The fourth-order valence-electron chi connectivity index (χ4n) is 1.72. The van der Waals surface area contributed by atoms with Crippen LogP contribution in [0.4, 0.5) is 4.39 Å². The van der Waals surface area contributed by atoms with Crippen molar-refractivity contribution in [1.82, 2.24) is 4.98 Å². The molecule has 3 heteroatoms. The Morgan fingerprint density at radius 3 is 2.67 bits per heavy atom. The molecule has 1 aromatic heterocycles. The van der Waals surface area contributed by atoms with Crippen molar-refractivity contribution in [3.63, 3.8) is 0 Å². The Bertz CT molecular complexity index is 508. The smallest absolute Gasteiger partial charge is 0.149 e. The van der Waals surface area contributed by atoms with Gasteiger partial charge in [-0.2, -0.15) is 0 Å². The van der Waals surface area contributed by atoms with E-state index < -0.39 is 5.82 Å². The highest BCUT2D eigenvalue weighted by Crippen LogP contribution is 2.32. The van der Waals surface area contributed by atoms with Crippen molar-refractivity contribution in [2.24, 2.45) is 0 Å². The van der Waals surface area contributed by atoms with E-state index in [0.29, 0.717) is 5.39 Å². The summed E-state index contributed by atoms with van der Waals surface area (Å²) in [6, 6.07) is 4.57. The maximum absolute atomic E-state index is 13.4. The van der Waals surface area contributed by atoms with Crippen LogP contribution in [0, 0.1) is 5.82 Å². The monoisotopic (exact) mass is 205 g/mol. The Hall–Kier alpha value is -1.64. The van der Waals surface area contributed by atoms with Crippen LogP contribution in [0.5, 0.6) is 5.75 Å². The first-order chi connectivity index (χ1) is 7.11. The molecule has 0 aliphatic heterocycles. The van der Waals surface area contributed by atoms with E-state index in [1.54, 1.807) is 6.07 Å². The molecular formula is C12H12FNO. The quantitative estimate of drug-likeness (QED) is 0.775. The largest absolute Gasteiger partial charge is 0.507 e. The van der Waals surface area contributed by atoms with Crippen LogP contribution >= 0.6 is 0 Å². The maximum atomic E-state index is 13.4. The molecule has 1 heterocycles. The normalized spacial score (nSPS) is 11.2. The molecule has 0 bridgehead atoms. The van der Waals surface area contributed by atoms with Crippen LogP contribution in [0.15, 0.2) is 24.4 Å². The standard InChI is InChI=1S/C12H12FNO/c1-7(2)8-3-4-9(13)12-11(8)10(15)5-6-14-12/h3-7H,1-2H3,(H,14,15). The molecule has 0 amide bonds. The third kappa shape index (κ3) is 1.54. The molecule has 2 rings (SSSR count). The first-order valence-electron chi connectivity index (χ1n) is 4.87. The van der Waals surface area contributed by atoms with E-state index in [4.69, 9.17) is 0 Å². The topological polar surface area (TPSA) is 33.1 Å². The molecule has 15 heavy (non-hydrogen) atoms. The summed E-state index contributed by atoms with van der Waals surface area (Å²) in [6.45, 7) is 4.00. The average Bonchev–Trinajstić information content (AvgIpc) is 2.19. The third-order valence-electron chi connectivity index (χ3n) is 2.48. The first-order valence-corrected chi connectivity index (χ1v) is 4.87. The predicted molar refractivity (Wildman–Crippen MR) is 57.5 cm³/mol. The minimum Gasteiger partial charge on any atom is -0.507 e. The number of hydrogen-bond donors (Lipinski definition) is 1. The lowest BCUT2D eigenvalue weighted by Gasteiger charge is -2.10. The van der Waals surface area contributed by atoms with Crippen molar-refractivity contribution in [3.05, 3.63) is 35.8 Å². The lowest BCUT2D eigenvalue weighted by molar-refractivity contribution is 0.480. The number of halogens is 1. The van der Waals surface area contributed by atoms with Crippen LogP contribution in [-0.4, -0.2) is 10.1 Å². The summed E-state index contributed by atoms with van der Waals surface area (Å²) >= 11 is 0. The molecule has 0 aliphatic rings. The zero-order valence-corrected chi connectivity index (χ0v) is 8.66. The summed E-state index contributed by atoms with van der Waals surface area (Å²) < 4.78 is 13.4. The van der Waals surface area contributed by atoms with Gasteiger partial charge in [0.2, 0.25) is 0 Å². The molecule has 0 saturated carbocycles. The summed E-state index contributed by atoms with van der Waals surface area (Å²) in [5, 5.41) is 10.2. The highest BCUT2D eigenvalue weighted by molar-refractivity contribution is 5.88. The maximum Gasteiger partial charge on any atom is 0.149 e. The number of hydrogen-bond acceptors (Lipinski definition) is 2. The summed E-state index contributed by atoms with van der Waals surface area (Å²) in [5.74, 6) is -0.0864. The van der Waals surface area contributed by atoms with Crippen molar-refractivity contribution in [1.29, 1.82) is 0 Å². The van der Waals surface area contributed by atoms with Gasteiger partial charge in [0.1, 0.15) is 17.1 Å². The molecule has 0 atom stereocenters. The fourth-order valence-corrected chi connectivity index (χ4v) is 1.72. The van der Waals surface area contributed by atoms with Gasteiger partial charge < -0.3 is 5.11 Å². The highest BCUT2D eigenvalue weighted by Gasteiger charge is 2.12. The Kier molecular flexibility index (Phi) is 2.31. The summed E-state index contributed by atoms with van der Waals surface area (Å²) in [4.78, 5) is 3.95. The number of nitrogens with zero attached hydrogens (tertiary/aromatic N) is 1. The van der Waals surface area contributed by atoms with Crippen LogP contribution < -0.4 is 0 Å². The molecule has 0 aliphatic carbocycles. The van der Waals surface area contributed by atoms with Gasteiger partial charge >= 0.3 is 0 Å². The number of rotatable bonds is 1. The molecule has 78 valence electrons. The van der Waals surface area contributed by atoms with Crippen molar-refractivity contribution in [2.45, 2.75) is 19.8 Å². The molecule has 0 unspecified atom stereocenters. The Labute approximate surface area is 87.4 Å². The first kappa shape index (κ1) is 9.90. The minimum atomic E-state index is -0.398. The van der Waals surface area contributed by atoms with Crippen LogP contribution in [-0.2, 0) is 0 Å². The lowest BCUT2D eigenvalue weighted by atomic mass is 9.97. The van der Waals surface area contributed by atoms with E-state index in [9.17, 15) is 9.50 Å². The fraction of sp³-hybridized carbons (Fsp3) is 0.250. The molecule has 2 aromatic rings. The zero-order chi connectivity index (χ0) is 11.0. The van der Waals surface area contributed by atoms with E-state index in [-0.39, 0.29) is 17.2 Å². The Balaban J connectivity index is 2.90. The average molecular weight is 205 g/mol. The number of aromatic nitrogens is 1. The van der Waals surface area contributed by atoms with Gasteiger partial charge in [-0.25, -0.2) is 4.39 Å². The second-order valence-corrected chi connectivity index (χ2v) is 3.84. The van der Waals surface area contributed by atoms with Crippen molar-refractivity contribution in [3.8, 4) is 5.75 Å². The van der Waals surface area contributed by atoms with Gasteiger partial charge in [-0.05, 0) is 23.6 Å². The van der Waals surface area contributed by atoms with E-state index in [1.807, 2.05) is 13.8 Å². The molecule has 0 radical (unpaired) electrons. The van der Waals surface area contributed by atoms with Gasteiger partial charge in [-0.15, -0.1) is 0 Å². The third-order valence-corrected chi connectivity index (χ3v) is 2.48. The molecule has 0 spiro atoms.